The van der Waals surface area contributed by atoms with Crippen LogP contribution in [0.15, 0.2) is 0 Å². The van der Waals surface area contributed by atoms with E-state index in [4.69, 9.17) is 0 Å². The van der Waals surface area contributed by atoms with Crippen LogP contribution in [0.2, 0.25) is 0 Å². The maximum absolute atomic E-state index is 13.1. The lowest BCUT2D eigenvalue weighted by Crippen LogP contribution is -2.57. The van der Waals surface area contributed by atoms with Crippen molar-refractivity contribution in [1.82, 2.24) is 0 Å². The van der Waals surface area contributed by atoms with Crippen LogP contribution < -0.4 is 0 Å². The Hall–Kier alpha value is -0.890. The van der Waals surface area contributed by atoms with E-state index in [2.05, 4.69) is 14.2 Å². The van der Waals surface area contributed by atoms with E-state index in [1.165, 1.54) is 6.92 Å². The van der Waals surface area contributed by atoms with Crippen LogP contribution in [0.5, 0.6) is 0 Å². The molecule has 2 unspecified atom stereocenters. The van der Waals surface area contributed by atoms with Gasteiger partial charge < -0.3 is 14.2 Å². The van der Waals surface area contributed by atoms with E-state index in [0.29, 0.717) is 14.1 Å². The molecule has 0 saturated carbocycles. The van der Waals surface area contributed by atoms with Crippen molar-refractivity contribution in [3.05, 3.63) is 0 Å². The molecule has 30 heavy (non-hydrogen) atoms. The van der Waals surface area contributed by atoms with Crippen LogP contribution in [0.3, 0.4) is 0 Å². The van der Waals surface area contributed by atoms with Crippen LogP contribution in [-0.4, -0.2) is 57.2 Å². The minimum atomic E-state index is -4.73. The first-order chi connectivity index (χ1) is 12.5. The van der Waals surface area contributed by atoms with E-state index < -0.39 is 49.8 Å². The molecule has 0 radical (unpaired) electrons. The molecule has 0 aromatic rings. The second-order valence-corrected chi connectivity index (χ2v) is 4.93. The SMILES string of the molecule is C.C.CCC(F)(F)C(F)(OCF)C(C)(F)F.CCOC(C)(OCF)C(F)(F)F.CF. The maximum atomic E-state index is 13.1. The summed E-state index contributed by atoms with van der Waals surface area (Å²) < 4.78 is 144. The summed E-state index contributed by atoms with van der Waals surface area (Å²) >= 11 is 0. The molecule has 14 heteroatoms. The van der Waals surface area contributed by atoms with Crippen molar-refractivity contribution in [2.24, 2.45) is 0 Å². The van der Waals surface area contributed by atoms with Crippen molar-refractivity contribution >= 4 is 0 Å². The fourth-order valence-electron chi connectivity index (χ4n) is 1.44. The number of hydrogen-bond donors (Lipinski definition) is 0. The molecule has 0 bridgehead atoms. The summed E-state index contributed by atoms with van der Waals surface area (Å²) in [6.07, 6.45) is -5.94. The molecule has 2 atom stereocenters. The van der Waals surface area contributed by atoms with Gasteiger partial charge in [0.25, 0.3) is 5.79 Å². The van der Waals surface area contributed by atoms with Gasteiger partial charge in [0.1, 0.15) is 0 Å². The topological polar surface area (TPSA) is 27.7 Å². The first-order valence-corrected chi connectivity index (χ1v) is 7.42. The number of rotatable bonds is 9. The van der Waals surface area contributed by atoms with Crippen molar-refractivity contribution in [2.75, 3.05) is 27.5 Å². The number of alkyl halides is 11. The second kappa shape index (κ2) is 15.8. The average molecular weight is 480 g/mol. The third-order valence-corrected chi connectivity index (χ3v) is 3.00. The highest BCUT2D eigenvalue weighted by atomic mass is 19.4. The van der Waals surface area contributed by atoms with E-state index in [1.54, 1.807) is 0 Å². The summed E-state index contributed by atoms with van der Waals surface area (Å²) in [5, 5.41) is 0. The highest BCUT2D eigenvalue weighted by Gasteiger charge is 2.68. The Morgan fingerprint density at radius 2 is 1.03 bits per heavy atom. The normalized spacial score (nSPS) is 15.6. The summed E-state index contributed by atoms with van der Waals surface area (Å²) in [5.41, 5.74) is 0. The first-order valence-electron chi connectivity index (χ1n) is 7.42. The Balaban J connectivity index is -0.000000122. The van der Waals surface area contributed by atoms with Gasteiger partial charge in [0.2, 0.25) is 0 Å². The molecule has 0 amide bonds. The van der Waals surface area contributed by atoms with Crippen LogP contribution in [0.25, 0.3) is 0 Å². The minimum absolute atomic E-state index is 0. The van der Waals surface area contributed by atoms with Gasteiger partial charge in [-0.1, -0.05) is 21.8 Å². The highest BCUT2D eigenvalue weighted by Crippen LogP contribution is 2.46. The van der Waals surface area contributed by atoms with Gasteiger partial charge in [-0.3, -0.25) is 4.39 Å². The van der Waals surface area contributed by atoms with E-state index >= 15 is 0 Å². The smallest absolute Gasteiger partial charge is 0.343 e. The van der Waals surface area contributed by atoms with Gasteiger partial charge in [-0.25, -0.2) is 26.3 Å². The fraction of sp³-hybridized carbons (Fsp3) is 1.00. The van der Waals surface area contributed by atoms with Crippen LogP contribution in [-0.2, 0) is 14.2 Å². The van der Waals surface area contributed by atoms with Crippen LogP contribution in [0.1, 0.15) is 49.0 Å². The number of halogens is 11. The molecule has 0 aromatic carbocycles. The van der Waals surface area contributed by atoms with Crippen molar-refractivity contribution in [3.8, 4) is 0 Å². The van der Waals surface area contributed by atoms with Crippen LogP contribution in [0, 0.1) is 0 Å². The Morgan fingerprint density at radius 3 is 1.23 bits per heavy atom. The zero-order chi connectivity index (χ0) is 23.4. The second-order valence-electron chi connectivity index (χ2n) is 4.93. The largest absolute Gasteiger partial charge is 0.443 e. The summed E-state index contributed by atoms with van der Waals surface area (Å²) in [4.78, 5) is 0. The molecule has 0 heterocycles. The van der Waals surface area contributed by atoms with Gasteiger partial charge in [-0.2, -0.15) is 17.6 Å². The summed E-state index contributed by atoms with van der Waals surface area (Å²) in [7, 11) is 0.500. The predicted molar refractivity (Wildman–Crippen MR) is 90.4 cm³/mol. The molecule has 0 rings (SSSR count). The Morgan fingerprint density at radius 1 is 0.667 bits per heavy atom. The van der Waals surface area contributed by atoms with Crippen molar-refractivity contribution in [1.29, 1.82) is 0 Å². The van der Waals surface area contributed by atoms with Gasteiger partial charge in [0.15, 0.2) is 13.7 Å². The summed E-state index contributed by atoms with van der Waals surface area (Å²) in [6.45, 7) is -1.07. The van der Waals surface area contributed by atoms with Gasteiger partial charge in [0, 0.05) is 20.0 Å². The van der Waals surface area contributed by atoms with Gasteiger partial charge >= 0.3 is 23.9 Å². The molecule has 0 aliphatic carbocycles. The molecule has 0 saturated heterocycles. The molecule has 190 valence electrons. The summed E-state index contributed by atoms with van der Waals surface area (Å²) in [5.74, 6) is -16.4. The molecule has 0 aliphatic heterocycles. The van der Waals surface area contributed by atoms with Crippen LogP contribution in [0.4, 0.5) is 48.3 Å². The zero-order valence-electron chi connectivity index (χ0n) is 15.7. The minimum Gasteiger partial charge on any atom is -0.343 e. The number of hydrogen-bond acceptors (Lipinski definition) is 3. The molecule has 0 N–H and O–H groups in total. The molecule has 3 nitrogen and oxygen atoms in total. The molecular weight excluding hydrogens is 449 g/mol. The van der Waals surface area contributed by atoms with Crippen molar-refractivity contribution in [3.63, 3.8) is 0 Å². The van der Waals surface area contributed by atoms with Gasteiger partial charge in [-0.05, 0) is 13.8 Å². The molecule has 0 aromatic heterocycles. The van der Waals surface area contributed by atoms with E-state index in [0.717, 1.165) is 6.92 Å². The van der Waals surface area contributed by atoms with E-state index in [1.807, 2.05) is 0 Å². The zero-order valence-corrected chi connectivity index (χ0v) is 15.7. The molecule has 0 fully saturated rings. The number of ether oxygens (including phenoxy) is 3. The molecule has 0 aliphatic rings. The van der Waals surface area contributed by atoms with Gasteiger partial charge in [0.05, 0.1) is 7.18 Å². The highest BCUT2D eigenvalue weighted by molar-refractivity contribution is 4.94. The van der Waals surface area contributed by atoms with Gasteiger partial charge in [-0.15, -0.1) is 0 Å². The lowest BCUT2D eigenvalue weighted by molar-refractivity contribution is -0.378. The summed E-state index contributed by atoms with van der Waals surface area (Å²) in [6, 6.07) is 0. The Bertz CT molecular complexity index is 395. The predicted octanol–water partition coefficient (Wildman–Crippen LogP) is 7.40. The first kappa shape index (κ1) is 39.6. The third kappa shape index (κ3) is 10.9. The lowest BCUT2D eigenvalue weighted by Gasteiger charge is -2.35. The Kier molecular flexibility index (Phi) is 20.9. The monoisotopic (exact) mass is 480 g/mol. The lowest BCUT2D eigenvalue weighted by atomic mass is 10.0. The maximum Gasteiger partial charge on any atom is 0.443 e. The van der Waals surface area contributed by atoms with Crippen LogP contribution >= 0.6 is 0 Å². The molecular formula is C16H31F11O3. The third-order valence-electron chi connectivity index (χ3n) is 3.00. The Labute approximate surface area is 169 Å². The van der Waals surface area contributed by atoms with E-state index in [9.17, 15) is 48.3 Å². The standard InChI is InChI=1S/C7H10F6O.C6H10F4O2.CH3F.2CH4/c1-3-6(11,12)7(13,14-4-8)5(2,9)10;1-3-11-5(2,12-4-7)6(8,9)10;1-2;;/h3-4H2,1-2H3;3-4H2,1-2H3;1H3;2*1H4. The van der Waals surface area contributed by atoms with Crippen molar-refractivity contribution < 1.29 is 62.5 Å². The molecule has 0 spiro atoms. The van der Waals surface area contributed by atoms with E-state index in [-0.39, 0.29) is 28.4 Å². The fourth-order valence-corrected chi connectivity index (χ4v) is 1.44. The van der Waals surface area contributed by atoms with Crippen molar-refractivity contribution in [2.45, 2.75) is 78.6 Å². The average Bonchev–Trinajstić information content (AvgIpc) is 2.55. The quantitative estimate of drug-likeness (QED) is 0.254.